The summed E-state index contributed by atoms with van der Waals surface area (Å²) >= 11 is 1.64. The van der Waals surface area contributed by atoms with E-state index in [2.05, 4.69) is 16.3 Å². The fraction of sp³-hybridized carbons (Fsp3) is 0.320. The van der Waals surface area contributed by atoms with Gasteiger partial charge >= 0.3 is 0 Å². The van der Waals surface area contributed by atoms with E-state index in [0.29, 0.717) is 0 Å². The number of aromatic nitrogens is 1. The summed E-state index contributed by atoms with van der Waals surface area (Å²) in [7, 11) is 0. The fourth-order valence-corrected chi connectivity index (χ4v) is 5.54. The summed E-state index contributed by atoms with van der Waals surface area (Å²) in [6, 6.07) is 20.0. The number of carbonyl (C=O) groups is 1. The molecule has 31 heavy (non-hydrogen) atoms. The van der Waals surface area contributed by atoms with Crippen LogP contribution in [0.3, 0.4) is 0 Å². The molecular formula is C25H26N4OS. The molecule has 0 N–H and O–H groups in total. The Kier molecular flexibility index (Phi) is 6.17. The van der Waals surface area contributed by atoms with Gasteiger partial charge in [0.2, 0.25) is 5.91 Å². The minimum atomic E-state index is -0.461. The fourth-order valence-electron chi connectivity index (χ4n) is 4.50. The molecule has 6 heteroatoms. The predicted octanol–water partition coefficient (Wildman–Crippen LogP) is 4.87. The third kappa shape index (κ3) is 4.25. The third-order valence-electron chi connectivity index (χ3n) is 5.99. The summed E-state index contributed by atoms with van der Waals surface area (Å²) in [5.74, 6) is 0.0299. The summed E-state index contributed by atoms with van der Waals surface area (Å²) < 4.78 is 0. The van der Waals surface area contributed by atoms with E-state index in [1.165, 1.54) is 0 Å². The van der Waals surface area contributed by atoms with Gasteiger partial charge in [0.15, 0.2) is 0 Å². The molecule has 158 valence electrons. The SMILES string of the molecule is CC(=O)N(c1ccccc1)C1(c2nc(C)cs2)CCN(Cc2ccccc2C#N)CC1. The maximum atomic E-state index is 12.9. The molecule has 4 rings (SSSR count). The number of amides is 1. The molecular weight excluding hydrogens is 404 g/mol. The van der Waals surface area contributed by atoms with Crippen molar-refractivity contribution in [1.29, 1.82) is 5.26 Å². The van der Waals surface area contributed by atoms with Crippen LogP contribution in [0.1, 0.15) is 41.6 Å². The molecule has 2 heterocycles. The van der Waals surface area contributed by atoms with E-state index in [-0.39, 0.29) is 5.91 Å². The van der Waals surface area contributed by atoms with Crippen LogP contribution in [-0.2, 0) is 16.9 Å². The summed E-state index contributed by atoms with van der Waals surface area (Å²) in [4.78, 5) is 22.1. The molecule has 5 nitrogen and oxygen atoms in total. The molecule has 1 aliphatic rings. The Morgan fingerprint density at radius 2 is 1.84 bits per heavy atom. The van der Waals surface area contributed by atoms with Crippen LogP contribution in [0, 0.1) is 18.3 Å². The normalized spacial score (nSPS) is 15.9. The second kappa shape index (κ2) is 9.01. The van der Waals surface area contributed by atoms with Crippen LogP contribution in [0.15, 0.2) is 60.0 Å². The number of rotatable bonds is 5. The molecule has 1 aromatic heterocycles. The van der Waals surface area contributed by atoms with Gasteiger partial charge in [-0.1, -0.05) is 36.4 Å². The van der Waals surface area contributed by atoms with Crippen LogP contribution in [0.5, 0.6) is 0 Å². The van der Waals surface area contributed by atoms with Crippen molar-refractivity contribution in [3.05, 3.63) is 81.8 Å². The summed E-state index contributed by atoms with van der Waals surface area (Å²) in [5.41, 5.74) is 3.21. The number of carbonyl (C=O) groups excluding carboxylic acids is 1. The van der Waals surface area contributed by atoms with Crippen LogP contribution in [0.25, 0.3) is 0 Å². The van der Waals surface area contributed by atoms with Gasteiger partial charge in [0, 0.05) is 43.3 Å². The largest absolute Gasteiger partial charge is 0.300 e. The van der Waals surface area contributed by atoms with Crippen LogP contribution in [0.2, 0.25) is 0 Å². The van der Waals surface area contributed by atoms with Crippen molar-refractivity contribution in [3.63, 3.8) is 0 Å². The van der Waals surface area contributed by atoms with E-state index >= 15 is 0 Å². The zero-order valence-corrected chi connectivity index (χ0v) is 18.7. The van der Waals surface area contributed by atoms with Gasteiger partial charge in [-0.2, -0.15) is 5.26 Å². The molecule has 1 aliphatic heterocycles. The van der Waals surface area contributed by atoms with Crippen molar-refractivity contribution < 1.29 is 4.79 Å². The minimum Gasteiger partial charge on any atom is -0.300 e. The number of likely N-dealkylation sites (tertiary alicyclic amines) is 1. The highest BCUT2D eigenvalue weighted by Gasteiger charge is 2.45. The van der Waals surface area contributed by atoms with Crippen molar-refractivity contribution >= 4 is 22.9 Å². The highest BCUT2D eigenvalue weighted by atomic mass is 32.1. The van der Waals surface area contributed by atoms with E-state index in [4.69, 9.17) is 4.98 Å². The van der Waals surface area contributed by atoms with E-state index in [0.717, 1.165) is 60.0 Å². The second-order valence-electron chi connectivity index (χ2n) is 8.06. The number of thiazole rings is 1. The Bertz CT molecular complexity index is 1090. The molecule has 0 unspecified atom stereocenters. The number of nitriles is 1. The Hall–Kier alpha value is -3.01. The molecule has 1 saturated heterocycles. The average molecular weight is 431 g/mol. The zero-order valence-electron chi connectivity index (χ0n) is 17.9. The van der Waals surface area contributed by atoms with Gasteiger partial charge in [-0.3, -0.25) is 14.6 Å². The number of nitrogens with zero attached hydrogens (tertiary/aromatic N) is 4. The predicted molar refractivity (Wildman–Crippen MR) is 124 cm³/mol. The first-order valence-electron chi connectivity index (χ1n) is 10.5. The van der Waals surface area contributed by atoms with Crippen molar-refractivity contribution in [1.82, 2.24) is 9.88 Å². The van der Waals surface area contributed by atoms with Crippen molar-refractivity contribution in [2.75, 3.05) is 18.0 Å². The number of hydrogen-bond acceptors (Lipinski definition) is 5. The van der Waals surface area contributed by atoms with E-state index < -0.39 is 5.54 Å². The minimum absolute atomic E-state index is 0.0299. The lowest BCUT2D eigenvalue weighted by atomic mass is 9.85. The van der Waals surface area contributed by atoms with Crippen LogP contribution >= 0.6 is 11.3 Å². The Morgan fingerprint density at radius 1 is 1.16 bits per heavy atom. The first-order valence-corrected chi connectivity index (χ1v) is 11.4. The van der Waals surface area contributed by atoms with E-state index in [1.807, 2.05) is 66.4 Å². The molecule has 1 amide bonds. The zero-order chi connectivity index (χ0) is 21.8. The number of aryl methyl sites for hydroxylation is 1. The summed E-state index contributed by atoms with van der Waals surface area (Å²) in [6.45, 7) is 6.04. The van der Waals surface area contributed by atoms with E-state index in [9.17, 15) is 10.1 Å². The molecule has 2 aromatic carbocycles. The van der Waals surface area contributed by atoms with Gasteiger partial charge < -0.3 is 0 Å². The molecule has 0 radical (unpaired) electrons. The highest BCUT2D eigenvalue weighted by Crippen LogP contribution is 2.43. The standard InChI is InChI=1S/C25H26N4OS/c1-19-18-31-24(27-19)25(29(20(2)30)23-10-4-3-5-11-23)12-14-28(15-13-25)17-22-9-7-6-8-21(22)16-26/h3-11,18H,12-15,17H2,1-2H3. The van der Waals surface area contributed by atoms with Gasteiger partial charge in [0.25, 0.3) is 0 Å². The van der Waals surface area contributed by atoms with Crippen LogP contribution in [-0.4, -0.2) is 28.9 Å². The lowest BCUT2D eigenvalue weighted by Gasteiger charge is -2.47. The topological polar surface area (TPSA) is 60.2 Å². The lowest BCUT2D eigenvalue weighted by molar-refractivity contribution is -0.118. The van der Waals surface area contributed by atoms with Crippen molar-refractivity contribution in [2.24, 2.45) is 0 Å². The van der Waals surface area contributed by atoms with E-state index in [1.54, 1.807) is 18.3 Å². The van der Waals surface area contributed by atoms with Gasteiger partial charge in [0.05, 0.1) is 11.6 Å². The number of piperidine rings is 1. The molecule has 0 saturated carbocycles. The first kappa shape index (κ1) is 21.2. The van der Waals surface area contributed by atoms with Gasteiger partial charge in [0.1, 0.15) is 10.5 Å². The molecule has 0 aliphatic carbocycles. The maximum Gasteiger partial charge on any atom is 0.224 e. The van der Waals surface area contributed by atoms with Crippen molar-refractivity contribution in [3.8, 4) is 6.07 Å². The van der Waals surface area contributed by atoms with Crippen LogP contribution < -0.4 is 4.90 Å². The Balaban J connectivity index is 1.65. The highest BCUT2D eigenvalue weighted by molar-refractivity contribution is 7.09. The lowest BCUT2D eigenvalue weighted by Crippen LogP contribution is -2.55. The molecule has 1 fully saturated rings. The van der Waals surface area contributed by atoms with Crippen LogP contribution in [0.4, 0.5) is 5.69 Å². The smallest absolute Gasteiger partial charge is 0.224 e. The average Bonchev–Trinajstić information content (AvgIpc) is 3.23. The quantitative estimate of drug-likeness (QED) is 0.580. The number of anilines is 1. The molecule has 0 atom stereocenters. The molecule has 0 bridgehead atoms. The van der Waals surface area contributed by atoms with Crippen molar-refractivity contribution in [2.45, 2.75) is 38.8 Å². The number of benzene rings is 2. The number of hydrogen-bond donors (Lipinski definition) is 0. The van der Waals surface area contributed by atoms with Gasteiger partial charge in [-0.05, 0) is 43.5 Å². The molecule has 3 aromatic rings. The summed E-state index contributed by atoms with van der Waals surface area (Å²) in [5, 5.41) is 12.5. The maximum absolute atomic E-state index is 12.9. The molecule has 0 spiro atoms. The monoisotopic (exact) mass is 430 g/mol. The third-order valence-corrected chi connectivity index (χ3v) is 7.14. The number of para-hydroxylation sites is 1. The van der Waals surface area contributed by atoms with Gasteiger partial charge in [-0.15, -0.1) is 11.3 Å². The van der Waals surface area contributed by atoms with Gasteiger partial charge in [-0.25, -0.2) is 4.98 Å². The Labute approximate surface area is 187 Å². The first-order chi connectivity index (χ1) is 15.0. The summed E-state index contributed by atoms with van der Waals surface area (Å²) in [6.07, 6.45) is 1.59. The second-order valence-corrected chi connectivity index (χ2v) is 8.92. The Morgan fingerprint density at radius 3 is 2.45 bits per heavy atom.